The first-order chi connectivity index (χ1) is 9.87. The molecule has 5 heteroatoms. The van der Waals surface area contributed by atoms with E-state index in [4.69, 9.17) is 9.47 Å². The molecule has 0 spiro atoms. The summed E-state index contributed by atoms with van der Waals surface area (Å²) in [6.07, 6.45) is 0.398. The summed E-state index contributed by atoms with van der Waals surface area (Å²) in [7, 11) is 0. The van der Waals surface area contributed by atoms with Crippen molar-refractivity contribution in [1.29, 1.82) is 0 Å². The zero-order valence-corrected chi connectivity index (χ0v) is 14.3. The molecule has 0 fully saturated rings. The van der Waals surface area contributed by atoms with Gasteiger partial charge in [0.25, 0.3) is 0 Å². The van der Waals surface area contributed by atoms with E-state index < -0.39 is 0 Å². The molecule has 0 radical (unpaired) electrons. The van der Waals surface area contributed by atoms with E-state index >= 15 is 0 Å². The van der Waals surface area contributed by atoms with Gasteiger partial charge in [-0.15, -0.1) is 0 Å². The first-order valence-electron chi connectivity index (χ1n) is 7.17. The van der Waals surface area contributed by atoms with Crippen molar-refractivity contribution in [2.45, 2.75) is 45.3 Å². The number of fused-ring (bicyclic) bond motifs is 1. The Balaban J connectivity index is 1.88. The first-order valence-corrected chi connectivity index (χ1v) is 7.96. The van der Waals surface area contributed by atoms with E-state index in [0.717, 1.165) is 10.9 Å². The fourth-order valence-corrected chi connectivity index (χ4v) is 2.87. The minimum Gasteiger partial charge on any atom is -0.450 e. The SMILES string of the molecule is CC(C)(C)NC(=O)OCCC1COCc2c(Br)cccc21. The molecule has 0 saturated carbocycles. The Labute approximate surface area is 134 Å². The lowest BCUT2D eigenvalue weighted by molar-refractivity contribution is 0.0775. The maximum atomic E-state index is 11.6. The average molecular weight is 356 g/mol. The van der Waals surface area contributed by atoms with Gasteiger partial charge in [-0.1, -0.05) is 28.1 Å². The van der Waals surface area contributed by atoms with Crippen LogP contribution >= 0.6 is 15.9 Å². The van der Waals surface area contributed by atoms with Gasteiger partial charge in [0, 0.05) is 15.9 Å². The van der Waals surface area contributed by atoms with Gasteiger partial charge in [0.15, 0.2) is 0 Å². The van der Waals surface area contributed by atoms with Crippen LogP contribution in [-0.4, -0.2) is 24.8 Å². The van der Waals surface area contributed by atoms with Gasteiger partial charge in [0.2, 0.25) is 0 Å². The molecule has 1 aliphatic heterocycles. The Kier molecular flexibility index (Phi) is 5.27. The molecule has 1 heterocycles. The second-order valence-electron chi connectivity index (χ2n) is 6.32. The minimum absolute atomic E-state index is 0.272. The molecule has 1 aromatic rings. The molecule has 0 aliphatic carbocycles. The molecule has 1 amide bonds. The Morgan fingerprint density at radius 1 is 1.48 bits per heavy atom. The van der Waals surface area contributed by atoms with Crippen molar-refractivity contribution in [2.75, 3.05) is 13.2 Å². The molecule has 0 bridgehead atoms. The van der Waals surface area contributed by atoms with Gasteiger partial charge in [-0.05, 0) is 44.4 Å². The smallest absolute Gasteiger partial charge is 0.407 e. The number of hydrogen-bond donors (Lipinski definition) is 1. The molecular formula is C16H22BrNO3. The van der Waals surface area contributed by atoms with E-state index in [9.17, 15) is 4.79 Å². The van der Waals surface area contributed by atoms with E-state index in [1.54, 1.807) is 0 Å². The third kappa shape index (κ3) is 4.71. The van der Waals surface area contributed by atoms with E-state index in [1.165, 1.54) is 11.1 Å². The van der Waals surface area contributed by atoms with Gasteiger partial charge >= 0.3 is 6.09 Å². The Morgan fingerprint density at radius 3 is 2.95 bits per heavy atom. The fourth-order valence-electron chi connectivity index (χ4n) is 2.38. The lowest BCUT2D eigenvalue weighted by Gasteiger charge is -2.26. The lowest BCUT2D eigenvalue weighted by Crippen LogP contribution is -2.41. The maximum absolute atomic E-state index is 11.6. The van der Waals surface area contributed by atoms with Crippen LogP contribution in [0.4, 0.5) is 4.79 Å². The Hall–Kier alpha value is -1.07. The predicted molar refractivity (Wildman–Crippen MR) is 85.4 cm³/mol. The highest BCUT2D eigenvalue weighted by Crippen LogP contribution is 2.33. The zero-order chi connectivity index (χ0) is 15.5. The number of carbonyl (C=O) groups excluding carboxylic acids is 1. The standard InChI is InChI=1S/C16H22BrNO3/c1-16(2,3)18-15(19)21-8-7-11-9-20-10-13-12(11)5-4-6-14(13)17/h4-6,11H,7-10H2,1-3H3,(H,18,19). The number of ether oxygens (including phenoxy) is 2. The first kappa shape index (κ1) is 16.3. The molecule has 21 heavy (non-hydrogen) atoms. The number of alkyl carbamates (subject to hydrolysis) is 1. The number of nitrogens with one attached hydrogen (secondary N) is 1. The molecule has 116 valence electrons. The van der Waals surface area contributed by atoms with Gasteiger partial charge in [-0.3, -0.25) is 0 Å². The van der Waals surface area contributed by atoms with Gasteiger partial charge in [-0.25, -0.2) is 4.79 Å². The number of rotatable bonds is 3. The van der Waals surface area contributed by atoms with Gasteiger partial charge < -0.3 is 14.8 Å². The number of benzene rings is 1. The van der Waals surface area contributed by atoms with Crippen LogP contribution < -0.4 is 5.32 Å². The van der Waals surface area contributed by atoms with Crippen LogP contribution in [0.2, 0.25) is 0 Å². The largest absolute Gasteiger partial charge is 0.450 e. The van der Waals surface area contributed by atoms with Crippen molar-refractivity contribution >= 4 is 22.0 Å². The van der Waals surface area contributed by atoms with Crippen molar-refractivity contribution in [3.05, 3.63) is 33.8 Å². The van der Waals surface area contributed by atoms with Crippen LogP contribution in [0.5, 0.6) is 0 Å². The molecule has 0 aromatic heterocycles. The lowest BCUT2D eigenvalue weighted by atomic mass is 9.91. The van der Waals surface area contributed by atoms with Gasteiger partial charge in [0.05, 0.1) is 19.8 Å². The summed E-state index contributed by atoms with van der Waals surface area (Å²) in [5.74, 6) is 0.272. The normalized spacial score (nSPS) is 18.0. The molecule has 1 aliphatic rings. The third-order valence-electron chi connectivity index (χ3n) is 3.34. The van der Waals surface area contributed by atoms with Crippen LogP contribution in [0.15, 0.2) is 22.7 Å². The van der Waals surface area contributed by atoms with Crippen LogP contribution in [0.3, 0.4) is 0 Å². The third-order valence-corrected chi connectivity index (χ3v) is 4.08. The van der Waals surface area contributed by atoms with Gasteiger partial charge in [-0.2, -0.15) is 0 Å². The molecule has 4 nitrogen and oxygen atoms in total. The number of halogens is 1. The molecule has 1 aromatic carbocycles. The van der Waals surface area contributed by atoms with Crippen molar-refractivity contribution in [2.24, 2.45) is 0 Å². The number of amides is 1. The topological polar surface area (TPSA) is 47.6 Å². The van der Waals surface area contributed by atoms with Crippen molar-refractivity contribution in [1.82, 2.24) is 5.32 Å². The summed E-state index contributed by atoms with van der Waals surface area (Å²) in [5, 5.41) is 2.79. The van der Waals surface area contributed by atoms with E-state index in [0.29, 0.717) is 19.8 Å². The van der Waals surface area contributed by atoms with Crippen LogP contribution in [0.25, 0.3) is 0 Å². The highest BCUT2D eigenvalue weighted by Gasteiger charge is 2.23. The van der Waals surface area contributed by atoms with Crippen molar-refractivity contribution in [3.8, 4) is 0 Å². The van der Waals surface area contributed by atoms with Crippen LogP contribution in [-0.2, 0) is 16.1 Å². The number of hydrogen-bond acceptors (Lipinski definition) is 3. The predicted octanol–water partition coefficient (Wildman–Crippen LogP) is 3.98. The number of carbonyl (C=O) groups is 1. The molecular weight excluding hydrogens is 334 g/mol. The molecule has 1 N–H and O–H groups in total. The van der Waals surface area contributed by atoms with E-state index in [-0.39, 0.29) is 17.6 Å². The summed E-state index contributed by atoms with van der Waals surface area (Å²) < 4.78 is 12.0. The fraction of sp³-hybridized carbons (Fsp3) is 0.562. The highest BCUT2D eigenvalue weighted by molar-refractivity contribution is 9.10. The zero-order valence-electron chi connectivity index (χ0n) is 12.7. The monoisotopic (exact) mass is 355 g/mol. The summed E-state index contributed by atoms with van der Waals surface area (Å²) >= 11 is 3.56. The van der Waals surface area contributed by atoms with Crippen LogP contribution in [0, 0.1) is 0 Å². The van der Waals surface area contributed by atoms with E-state index in [2.05, 4.69) is 27.3 Å². The van der Waals surface area contributed by atoms with Crippen molar-refractivity contribution < 1.29 is 14.3 Å². The summed E-state index contributed by atoms with van der Waals surface area (Å²) in [4.78, 5) is 11.6. The quantitative estimate of drug-likeness (QED) is 0.891. The second kappa shape index (κ2) is 6.79. The summed E-state index contributed by atoms with van der Waals surface area (Å²) in [6, 6.07) is 6.19. The Bertz CT molecular complexity index is 511. The molecule has 0 saturated heterocycles. The summed E-state index contributed by atoms with van der Waals surface area (Å²) in [6.45, 7) is 7.49. The Morgan fingerprint density at radius 2 is 2.24 bits per heavy atom. The van der Waals surface area contributed by atoms with Gasteiger partial charge in [0.1, 0.15) is 0 Å². The maximum Gasteiger partial charge on any atom is 0.407 e. The second-order valence-corrected chi connectivity index (χ2v) is 7.17. The van der Waals surface area contributed by atoms with E-state index in [1.807, 2.05) is 32.9 Å². The highest BCUT2D eigenvalue weighted by atomic mass is 79.9. The molecule has 1 atom stereocenters. The average Bonchev–Trinajstić information content (AvgIpc) is 2.37. The van der Waals surface area contributed by atoms with Crippen molar-refractivity contribution in [3.63, 3.8) is 0 Å². The minimum atomic E-state index is -0.367. The molecule has 1 unspecified atom stereocenters. The molecule has 2 rings (SSSR count). The summed E-state index contributed by atoms with van der Waals surface area (Å²) in [5.41, 5.74) is 2.21. The van der Waals surface area contributed by atoms with Crippen LogP contribution in [0.1, 0.15) is 44.2 Å².